The van der Waals surface area contributed by atoms with Gasteiger partial charge in [-0.2, -0.15) is 0 Å². The number of hydrogen-bond acceptors (Lipinski definition) is 5. The second kappa shape index (κ2) is 8.77. The van der Waals surface area contributed by atoms with Gasteiger partial charge in [0.2, 0.25) is 5.91 Å². The molecule has 178 valence electrons. The normalized spacial score (nSPS) is 16.0. The first-order valence-corrected chi connectivity index (χ1v) is 12.1. The number of aromatic amines is 1. The fraction of sp³-hybridized carbons (Fsp3) is 0.280. The highest BCUT2D eigenvalue weighted by atomic mass is 32.1. The van der Waals surface area contributed by atoms with E-state index in [0.717, 1.165) is 67.0 Å². The van der Waals surface area contributed by atoms with Crippen LogP contribution in [0, 0.1) is 11.7 Å². The number of nitrogens with one attached hydrogen (secondary N) is 3. The molecule has 1 aliphatic carbocycles. The summed E-state index contributed by atoms with van der Waals surface area (Å²) in [6.45, 7) is 2.97. The Morgan fingerprint density at radius 1 is 1.00 bits per heavy atom. The molecule has 1 amide bonds. The Balaban J connectivity index is 1.10. The van der Waals surface area contributed by atoms with Crippen LogP contribution in [0.2, 0.25) is 0 Å². The molecule has 0 radical (unpaired) electrons. The smallest absolute Gasteiger partial charge is 0.227 e. The number of carbonyl (C=O) groups excluding carboxylic acids is 1. The van der Waals surface area contributed by atoms with Crippen molar-refractivity contribution >= 4 is 62.4 Å². The molecule has 2 aliphatic rings. The lowest BCUT2D eigenvalue weighted by Crippen LogP contribution is -2.50. The van der Waals surface area contributed by atoms with Gasteiger partial charge in [0.15, 0.2) is 5.11 Å². The Morgan fingerprint density at radius 2 is 1.71 bits per heavy atom. The summed E-state index contributed by atoms with van der Waals surface area (Å²) in [6, 6.07) is 12.3. The minimum atomic E-state index is -0.286. The van der Waals surface area contributed by atoms with Gasteiger partial charge in [-0.05, 0) is 67.5 Å². The van der Waals surface area contributed by atoms with E-state index in [0.29, 0.717) is 16.3 Å². The van der Waals surface area contributed by atoms with Crippen LogP contribution in [0.5, 0.6) is 0 Å². The molecule has 3 N–H and O–H groups in total. The molecule has 2 aromatic heterocycles. The standard InChI is InChI=1S/C25H24FN7OS/c26-16-3-8-19-20(13-16)31-22-21(19)23(28-14-27-22)32-9-11-33(12-10-32)25(35)30-18-6-4-17(5-7-18)29-24(34)15-1-2-15/h3-8,13-15H,1-2,9-12H2,(H,29,34)(H,30,35)(H,27,28,31). The number of thiocarbonyl (C=S) groups is 1. The third-order valence-corrected chi connectivity index (χ3v) is 6.91. The van der Waals surface area contributed by atoms with Crippen LogP contribution in [0.25, 0.3) is 21.9 Å². The monoisotopic (exact) mass is 489 g/mol. The highest BCUT2D eigenvalue weighted by Gasteiger charge is 2.29. The fourth-order valence-corrected chi connectivity index (χ4v) is 4.78. The summed E-state index contributed by atoms with van der Waals surface area (Å²) in [6.07, 6.45) is 3.51. The van der Waals surface area contributed by atoms with E-state index in [9.17, 15) is 9.18 Å². The minimum absolute atomic E-state index is 0.0971. The summed E-state index contributed by atoms with van der Waals surface area (Å²) in [4.78, 5) is 28.4. The van der Waals surface area contributed by atoms with Gasteiger partial charge in [0.05, 0.1) is 10.9 Å². The van der Waals surface area contributed by atoms with Gasteiger partial charge in [0, 0.05) is 48.9 Å². The molecule has 1 saturated carbocycles. The molecule has 2 aromatic carbocycles. The van der Waals surface area contributed by atoms with Crippen LogP contribution >= 0.6 is 12.2 Å². The first-order chi connectivity index (χ1) is 17.0. The molecule has 2 fully saturated rings. The largest absolute Gasteiger partial charge is 0.352 e. The van der Waals surface area contributed by atoms with Crippen LogP contribution in [0.3, 0.4) is 0 Å². The van der Waals surface area contributed by atoms with E-state index in [4.69, 9.17) is 12.2 Å². The van der Waals surface area contributed by atoms with Crippen molar-refractivity contribution in [1.82, 2.24) is 19.9 Å². The van der Waals surface area contributed by atoms with E-state index in [1.807, 2.05) is 24.3 Å². The van der Waals surface area contributed by atoms with Crippen molar-refractivity contribution in [2.75, 3.05) is 41.7 Å². The molecule has 1 aliphatic heterocycles. The van der Waals surface area contributed by atoms with Gasteiger partial charge in [-0.1, -0.05) is 0 Å². The Kier molecular flexibility index (Phi) is 5.44. The van der Waals surface area contributed by atoms with Crippen molar-refractivity contribution in [2.24, 2.45) is 5.92 Å². The molecular formula is C25H24FN7OS. The number of rotatable bonds is 4. The van der Waals surface area contributed by atoms with Crippen LogP contribution < -0.4 is 15.5 Å². The summed E-state index contributed by atoms with van der Waals surface area (Å²) >= 11 is 5.66. The van der Waals surface area contributed by atoms with E-state index < -0.39 is 0 Å². The third kappa shape index (κ3) is 4.37. The number of hydrogen-bond donors (Lipinski definition) is 3. The number of anilines is 3. The lowest BCUT2D eigenvalue weighted by Gasteiger charge is -2.37. The average molecular weight is 490 g/mol. The molecule has 8 nitrogen and oxygen atoms in total. The van der Waals surface area contributed by atoms with Crippen LogP contribution in [0.15, 0.2) is 48.8 Å². The topological polar surface area (TPSA) is 89.2 Å². The summed E-state index contributed by atoms with van der Waals surface area (Å²) in [7, 11) is 0. The van der Waals surface area contributed by atoms with E-state index >= 15 is 0 Å². The maximum Gasteiger partial charge on any atom is 0.227 e. The number of piperazine rings is 1. The van der Waals surface area contributed by atoms with Gasteiger partial charge in [-0.25, -0.2) is 14.4 Å². The van der Waals surface area contributed by atoms with E-state index in [1.54, 1.807) is 12.4 Å². The van der Waals surface area contributed by atoms with Gasteiger partial charge >= 0.3 is 0 Å². The summed E-state index contributed by atoms with van der Waals surface area (Å²) in [5, 5.41) is 8.72. The van der Waals surface area contributed by atoms with Gasteiger partial charge in [-0.3, -0.25) is 4.79 Å². The molecule has 3 heterocycles. The number of nitrogens with zero attached hydrogens (tertiary/aromatic N) is 4. The molecule has 35 heavy (non-hydrogen) atoms. The number of fused-ring (bicyclic) bond motifs is 3. The maximum absolute atomic E-state index is 13.7. The Morgan fingerprint density at radius 3 is 2.43 bits per heavy atom. The van der Waals surface area contributed by atoms with Gasteiger partial charge in [-0.15, -0.1) is 0 Å². The fourth-order valence-electron chi connectivity index (χ4n) is 4.47. The Hall–Kier alpha value is -3.79. The second-order valence-electron chi connectivity index (χ2n) is 8.98. The number of H-pyrrole nitrogens is 1. The van der Waals surface area contributed by atoms with Crippen LogP contribution in [0.4, 0.5) is 21.6 Å². The average Bonchev–Trinajstić information content (AvgIpc) is 3.66. The minimum Gasteiger partial charge on any atom is -0.352 e. The number of benzene rings is 2. The van der Waals surface area contributed by atoms with E-state index in [1.165, 1.54) is 12.1 Å². The molecule has 4 aromatic rings. The van der Waals surface area contributed by atoms with Gasteiger partial charge in [0.25, 0.3) is 0 Å². The summed E-state index contributed by atoms with van der Waals surface area (Å²) in [5.41, 5.74) is 3.09. The third-order valence-electron chi connectivity index (χ3n) is 6.55. The van der Waals surface area contributed by atoms with Crippen molar-refractivity contribution in [1.29, 1.82) is 0 Å². The molecule has 0 unspecified atom stereocenters. The second-order valence-corrected chi connectivity index (χ2v) is 9.37. The van der Waals surface area contributed by atoms with Crippen molar-refractivity contribution in [3.63, 3.8) is 0 Å². The lowest BCUT2D eigenvalue weighted by atomic mass is 10.2. The molecule has 0 atom stereocenters. The number of amides is 1. The molecule has 1 saturated heterocycles. The van der Waals surface area contributed by atoms with Crippen LogP contribution in [0.1, 0.15) is 12.8 Å². The molecule has 0 spiro atoms. The van der Waals surface area contributed by atoms with E-state index in [2.05, 4.69) is 35.4 Å². The van der Waals surface area contributed by atoms with Crippen molar-refractivity contribution in [2.45, 2.75) is 12.8 Å². The van der Waals surface area contributed by atoms with Crippen molar-refractivity contribution in [3.05, 3.63) is 54.6 Å². The lowest BCUT2D eigenvalue weighted by molar-refractivity contribution is -0.117. The highest BCUT2D eigenvalue weighted by Crippen LogP contribution is 2.32. The Bertz CT molecular complexity index is 1430. The first kappa shape index (κ1) is 21.7. The molecule has 0 bridgehead atoms. The first-order valence-electron chi connectivity index (χ1n) is 11.7. The number of carbonyl (C=O) groups is 1. The van der Waals surface area contributed by atoms with E-state index in [-0.39, 0.29) is 17.6 Å². The van der Waals surface area contributed by atoms with Crippen molar-refractivity contribution in [3.8, 4) is 0 Å². The number of halogens is 1. The van der Waals surface area contributed by atoms with Crippen LogP contribution in [-0.2, 0) is 4.79 Å². The zero-order valence-corrected chi connectivity index (χ0v) is 19.7. The summed E-state index contributed by atoms with van der Waals surface area (Å²) in [5.74, 6) is 0.831. The van der Waals surface area contributed by atoms with Gasteiger partial charge < -0.3 is 25.4 Å². The predicted molar refractivity (Wildman–Crippen MR) is 139 cm³/mol. The quantitative estimate of drug-likeness (QED) is 0.372. The molecule has 10 heteroatoms. The highest BCUT2D eigenvalue weighted by molar-refractivity contribution is 7.80. The zero-order valence-electron chi connectivity index (χ0n) is 18.9. The SMILES string of the molecule is O=C(Nc1ccc(NC(=S)N2CCN(c3ncnc4[nH]c5cc(F)ccc5c34)CC2)cc1)C1CC1. The van der Waals surface area contributed by atoms with Crippen molar-refractivity contribution < 1.29 is 9.18 Å². The number of aromatic nitrogens is 3. The molecular weight excluding hydrogens is 465 g/mol. The maximum atomic E-state index is 13.7. The molecule has 6 rings (SSSR count). The predicted octanol–water partition coefficient (Wildman–Crippen LogP) is 4.12. The zero-order chi connectivity index (χ0) is 23.9. The summed E-state index contributed by atoms with van der Waals surface area (Å²) < 4.78 is 13.7. The van der Waals surface area contributed by atoms with Crippen LogP contribution in [-0.4, -0.2) is 57.1 Å². The Labute approximate surface area is 206 Å². The van der Waals surface area contributed by atoms with Gasteiger partial charge in [0.1, 0.15) is 23.6 Å².